The van der Waals surface area contributed by atoms with Gasteiger partial charge in [0.2, 0.25) is 0 Å². The van der Waals surface area contributed by atoms with Gasteiger partial charge in [0.25, 0.3) is 17.4 Å². The zero-order valence-corrected chi connectivity index (χ0v) is 17.9. The molecule has 3 heterocycles. The second kappa shape index (κ2) is 7.93. The molecule has 160 valence electrons. The van der Waals surface area contributed by atoms with E-state index in [2.05, 4.69) is 10.3 Å². The van der Waals surface area contributed by atoms with Gasteiger partial charge in [-0.25, -0.2) is 4.98 Å². The number of benzene rings is 2. The van der Waals surface area contributed by atoms with Gasteiger partial charge in [-0.2, -0.15) is 0 Å². The fourth-order valence-electron chi connectivity index (χ4n) is 3.74. The molecular formula is C23H18N4O4S. The zero-order chi connectivity index (χ0) is 22.2. The lowest BCUT2D eigenvalue weighted by molar-refractivity contribution is 0.0988. The summed E-state index contributed by atoms with van der Waals surface area (Å²) < 4.78 is 6.50. The second-order valence-corrected chi connectivity index (χ2v) is 8.14. The van der Waals surface area contributed by atoms with Gasteiger partial charge in [0, 0.05) is 41.3 Å². The molecule has 4 aromatic rings. The van der Waals surface area contributed by atoms with Crippen molar-refractivity contribution in [1.29, 1.82) is 0 Å². The number of rotatable bonds is 4. The van der Waals surface area contributed by atoms with Crippen molar-refractivity contribution in [1.82, 2.24) is 9.38 Å². The number of nitrogens with one attached hydrogen (secondary N) is 1. The van der Waals surface area contributed by atoms with Gasteiger partial charge in [-0.3, -0.25) is 18.8 Å². The van der Waals surface area contributed by atoms with E-state index in [0.29, 0.717) is 28.5 Å². The number of nitrogens with zero attached hydrogens (tertiary/aromatic N) is 3. The van der Waals surface area contributed by atoms with Crippen LogP contribution >= 0.6 is 11.3 Å². The molecule has 2 aromatic carbocycles. The van der Waals surface area contributed by atoms with Crippen molar-refractivity contribution in [2.75, 3.05) is 23.9 Å². The molecule has 5 rings (SSSR count). The average Bonchev–Trinajstić information content (AvgIpc) is 3.46. The highest BCUT2D eigenvalue weighted by Crippen LogP contribution is 2.32. The Kier molecular flexibility index (Phi) is 4.95. The molecule has 1 aliphatic heterocycles. The predicted molar refractivity (Wildman–Crippen MR) is 122 cm³/mol. The van der Waals surface area contributed by atoms with Crippen LogP contribution in [0.4, 0.5) is 11.4 Å². The summed E-state index contributed by atoms with van der Waals surface area (Å²) in [5.41, 5.74) is 2.34. The van der Waals surface area contributed by atoms with Crippen LogP contribution in [-0.4, -0.2) is 34.9 Å². The van der Waals surface area contributed by atoms with Crippen LogP contribution in [0.25, 0.3) is 4.96 Å². The van der Waals surface area contributed by atoms with Crippen molar-refractivity contribution in [2.24, 2.45) is 0 Å². The van der Waals surface area contributed by atoms with Crippen LogP contribution in [0, 0.1) is 0 Å². The molecule has 0 fully saturated rings. The van der Waals surface area contributed by atoms with E-state index < -0.39 is 11.5 Å². The molecule has 0 unspecified atom stereocenters. The maximum absolute atomic E-state index is 13.1. The number of hydrogen-bond donors (Lipinski definition) is 1. The van der Waals surface area contributed by atoms with E-state index in [4.69, 9.17) is 4.74 Å². The maximum Gasteiger partial charge on any atom is 0.271 e. The van der Waals surface area contributed by atoms with E-state index in [9.17, 15) is 14.4 Å². The van der Waals surface area contributed by atoms with Gasteiger partial charge in [0.05, 0.1) is 7.11 Å². The quantitative estimate of drug-likeness (QED) is 0.520. The first kappa shape index (κ1) is 20.0. The largest absolute Gasteiger partial charge is 0.497 e. The number of carbonyl (C=O) groups is 2. The lowest BCUT2D eigenvalue weighted by Crippen LogP contribution is -2.29. The molecule has 0 atom stereocenters. The minimum absolute atomic E-state index is 0.0486. The number of carbonyl (C=O) groups excluding carboxylic acids is 2. The number of hydrogen-bond acceptors (Lipinski definition) is 6. The Morgan fingerprint density at radius 3 is 2.75 bits per heavy atom. The number of aromatic nitrogens is 2. The van der Waals surface area contributed by atoms with Gasteiger partial charge < -0.3 is 15.0 Å². The number of ether oxygens (including phenoxy) is 1. The highest BCUT2D eigenvalue weighted by Gasteiger charge is 2.26. The average molecular weight is 446 g/mol. The minimum atomic E-state index is -0.547. The van der Waals surface area contributed by atoms with Gasteiger partial charge in [-0.05, 0) is 48.4 Å². The van der Waals surface area contributed by atoms with Crippen molar-refractivity contribution >= 4 is 39.5 Å². The Labute approximate surface area is 186 Å². The monoisotopic (exact) mass is 446 g/mol. The fraction of sp³-hybridized carbons (Fsp3) is 0.130. The first-order valence-corrected chi connectivity index (χ1v) is 10.8. The number of fused-ring (bicyclic) bond motifs is 2. The molecule has 0 radical (unpaired) electrons. The fourth-order valence-corrected chi connectivity index (χ4v) is 4.41. The first-order chi connectivity index (χ1) is 15.5. The molecule has 8 nitrogen and oxygen atoms in total. The molecule has 1 aliphatic rings. The van der Waals surface area contributed by atoms with Crippen LogP contribution in [0.2, 0.25) is 0 Å². The molecule has 0 spiro atoms. The Morgan fingerprint density at radius 1 is 1.16 bits per heavy atom. The molecule has 32 heavy (non-hydrogen) atoms. The van der Waals surface area contributed by atoms with E-state index >= 15 is 0 Å². The molecule has 1 N–H and O–H groups in total. The van der Waals surface area contributed by atoms with Crippen LogP contribution in [-0.2, 0) is 6.42 Å². The topological polar surface area (TPSA) is 93.0 Å². The van der Waals surface area contributed by atoms with Crippen LogP contribution < -0.4 is 20.5 Å². The van der Waals surface area contributed by atoms with Crippen molar-refractivity contribution in [3.8, 4) is 5.75 Å². The number of methoxy groups -OCH3 is 1. The van der Waals surface area contributed by atoms with Gasteiger partial charge in [0.15, 0.2) is 4.96 Å². The van der Waals surface area contributed by atoms with Gasteiger partial charge in [-0.15, -0.1) is 11.3 Å². The molecule has 2 amide bonds. The molecule has 0 saturated carbocycles. The standard InChI is InChI=1S/C23H18N4O4S/c1-31-17-6-3-15(4-7-17)21(29)26-9-8-14-2-5-16(12-19(14)26)25-20(28)18-13-24-23-27(22(18)30)10-11-32-23/h2-7,10-13H,8-9H2,1H3,(H,25,28). The van der Waals surface area contributed by atoms with Crippen molar-refractivity contribution < 1.29 is 14.3 Å². The smallest absolute Gasteiger partial charge is 0.271 e. The Morgan fingerprint density at radius 2 is 1.97 bits per heavy atom. The van der Waals surface area contributed by atoms with Crippen LogP contribution in [0.5, 0.6) is 5.75 Å². The number of anilines is 2. The van der Waals surface area contributed by atoms with Crippen LogP contribution in [0.1, 0.15) is 26.3 Å². The summed E-state index contributed by atoms with van der Waals surface area (Å²) in [7, 11) is 1.58. The molecule has 0 bridgehead atoms. The Balaban J connectivity index is 1.40. The van der Waals surface area contributed by atoms with Gasteiger partial charge in [0.1, 0.15) is 11.3 Å². The highest BCUT2D eigenvalue weighted by atomic mass is 32.1. The third kappa shape index (κ3) is 3.42. The van der Waals surface area contributed by atoms with Gasteiger partial charge >= 0.3 is 0 Å². The van der Waals surface area contributed by atoms with Crippen molar-refractivity contribution in [2.45, 2.75) is 6.42 Å². The van der Waals surface area contributed by atoms with Crippen LogP contribution in [0.3, 0.4) is 0 Å². The normalized spacial score (nSPS) is 12.6. The third-order valence-electron chi connectivity index (χ3n) is 5.41. The maximum atomic E-state index is 13.1. The summed E-state index contributed by atoms with van der Waals surface area (Å²) in [6.45, 7) is 0.553. The lowest BCUT2D eigenvalue weighted by atomic mass is 10.1. The first-order valence-electron chi connectivity index (χ1n) is 9.90. The third-order valence-corrected chi connectivity index (χ3v) is 6.18. The van der Waals surface area contributed by atoms with Crippen molar-refractivity contribution in [3.05, 3.63) is 87.3 Å². The summed E-state index contributed by atoms with van der Waals surface area (Å²) in [6.07, 6.45) is 3.60. The highest BCUT2D eigenvalue weighted by molar-refractivity contribution is 7.15. The SMILES string of the molecule is COc1ccc(C(=O)N2CCc3ccc(NC(=O)c4cnc5sccn5c4=O)cc32)cc1. The van der Waals surface area contributed by atoms with E-state index in [1.54, 1.807) is 60.0 Å². The minimum Gasteiger partial charge on any atom is -0.497 e. The number of thiazole rings is 1. The molecule has 2 aromatic heterocycles. The summed E-state index contributed by atoms with van der Waals surface area (Å²) in [4.78, 5) is 44.7. The predicted octanol–water partition coefficient (Wildman–Crippen LogP) is 3.22. The van der Waals surface area contributed by atoms with Crippen molar-refractivity contribution in [3.63, 3.8) is 0 Å². The van der Waals surface area contributed by atoms with E-state index in [-0.39, 0.29) is 11.5 Å². The van der Waals surface area contributed by atoms with E-state index in [1.807, 2.05) is 6.07 Å². The molecule has 0 aliphatic carbocycles. The van der Waals surface area contributed by atoms with E-state index in [0.717, 1.165) is 17.7 Å². The Bertz CT molecular complexity index is 1410. The van der Waals surface area contributed by atoms with Crippen LogP contribution in [0.15, 0.2) is 65.0 Å². The zero-order valence-electron chi connectivity index (χ0n) is 17.1. The Hall–Kier alpha value is -3.98. The summed E-state index contributed by atoms with van der Waals surface area (Å²) in [5.74, 6) is 0.00807. The molecule has 9 heteroatoms. The second-order valence-electron chi connectivity index (χ2n) is 7.27. The van der Waals surface area contributed by atoms with E-state index in [1.165, 1.54) is 21.9 Å². The summed E-state index contributed by atoms with van der Waals surface area (Å²) >= 11 is 1.32. The number of amides is 2. The molecule has 0 saturated heterocycles. The molecular weight excluding hydrogens is 428 g/mol. The summed E-state index contributed by atoms with van der Waals surface area (Å²) in [6, 6.07) is 12.4. The lowest BCUT2D eigenvalue weighted by Gasteiger charge is -2.18. The van der Waals surface area contributed by atoms with Gasteiger partial charge in [-0.1, -0.05) is 6.07 Å². The summed E-state index contributed by atoms with van der Waals surface area (Å²) in [5, 5.41) is 4.49.